The highest BCUT2D eigenvalue weighted by Crippen LogP contribution is 2.15. The molecule has 2 rings (SSSR count). The number of aliphatic imine (C=N–C) groups is 1. The minimum absolute atomic E-state index is 1.01. The quantitative estimate of drug-likeness (QED) is 0.667. The van der Waals surface area contributed by atoms with Crippen molar-refractivity contribution in [3.8, 4) is 0 Å². The van der Waals surface area contributed by atoms with Crippen LogP contribution in [0.4, 0.5) is 5.69 Å². The van der Waals surface area contributed by atoms with E-state index in [0.29, 0.717) is 0 Å². The van der Waals surface area contributed by atoms with Crippen LogP contribution in [0.15, 0.2) is 53.5 Å². The molecule has 0 heterocycles. The van der Waals surface area contributed by atoms with E-state index in [4.69, 9.17) is 0 Å². The normalized spacial score (nSPS) is 11.6. The van der Waals surface area contributed by atoms with E-state index in [9.17, 15) is 0 Å². The van der Waals surface area contributed by atoms with E-state index in [1.165, 1.54) is 16.7 Å². The first-order valence-electron chi connectivity index (χ1n) is 5.84. The van der Waals surface area contributed by atoms with Crippen molar-refractivity contribution in [2.75, 3.05) is 0 Å². The van der Waals surface area contributed by atoms with Gasteiger partial charge in [0, 0.05) is 5.71 Å². The molecule has 0 saturated carbocycles. The van der Waals surface area contributed by atoms with Gasteiger partial charge in [-0.25, -0.2) is 0 Å². The average Bonchev–Trinajstić information content (AvgIpc) is 2.33. The summed E-state index contributed by atoms with van der Waals surface area (Å²) in [5, 5.41) is 0. The van der Waals surface area contributed by atoms with E-state index in [1.54, 1.807) is 0 Å². The van der Waals surface area contributed by atoms with Gasteiger partial charge in [-0.05, 0) is 38.5 Å². The number of aryl methyl sites for hydroxylation is 2. The zero-order valence-electron chi connectivity index (χ0n) is 10.6. The average molecular weight is 223 g/mol. The molecule has 0 aliphatic heterocycles. The highest BCUT2D eigenvalue weighted by atomic mass is 14.7. The van der Waals surface area contributed by atoms with Gasteiger partial charge in [-0.15, -0.1) is 0 Å². The summed E-state index contributed by atoms with van der Waals surface area (Å²) in [4.78, 5) is 4.62. The highest BCUT2D eigenvalue weighted by molar-refractivity contribution is 6.00. The van der Waals surface area contributed by atoms with Gasteiger partial charge < -0.3 is 0 Å². The monoisotopic (exact) mass is 223 g/mol. The van der Waals surface area contributed by atoms with Gasteiger partial charge in [0.2, 0.25) is 0 Å². The molecule has 0 unspecified atom stereocenters. The van der Waals surface area contributed by atoms with Gasteiger partial charge >= 0.3 is 0 Å². The molecule has 17 heavy (non-hydrogen) atoms. The summed E-state index contributed by atoms with van der Waals surface area (Å²) in [7, 11) is 0. The molecule has 1 nitrogen and oxygen atoms in total. The third kappa shape index (κ3) is 3.04. The predicted molar refractivity (Wildman–Crippen MR) is 74.2 cm³/mol. The first-order valence-corrected chi connectivity index (χ1v) is 5.84. The SMILES string of the molecule is C/C(=N\c1ccc(C)cc1)c1ccc(C)cc1. The fraction of sp³-hybridized carbons (Fsp3) is 0.188. The topological polar surface area (TPSA) is 12.4 Å². The molecule has 0 radical (unpaired) electrons. The summed E-state index contributed by atoms with van der Waals surface area (Å²) in [6.45, 7) is 6.22. The van der Waals surface area contributed by atoms with Crippen LogP contribution in [-0.4, -0.2) is 5.71 Å². The largest absolute Gasteiger partial charge is 0.253 e. The molecule has 0 amide bonds. The fourth-order valence-electron chi connectivity index (χ4n) is 1.67. The van der Waals surface area contributed by atoms with Crippen molar-refractivity contribution in [2.24, 2.45) is 4.99 Å². The fourth-order valence-corrected chi connectivity index (χ4v) is 1.67. The number of hydrogen-bond donors (Lipinski definition) is 0. The Morgan fingerprint density at radius 3 is 1.76 bits per heavy atom. The van der Waals surface area contributed by atoms with Gasteiger partial charge in [-0.3, -0.25) is 4.99 Å². The smallest absolute Gasteiger partial charge is 0.0633 e. The molecule has 0 saturated heterocycles. The Morgan fingerprint density at radius 1 is 0.765 bits per heavy atom. The van der Waals surface area contributed by atoms with E-state index < -0.39 is 0 Å². The second-order valence-electron chi connectivity index (χ2n) is 4.40. The van der Waals surface area contributed by atoms with E-state index in [1.807, 2.05) is 19.1 Å². The minimum Gasteiger partial charge on any atom is -0.253 e. The third-order valence-electron chi connectivity index (χ3n) is 2.80. The number of benzene rings is 2. The number of hydrogen-bond acceptors (Lipinski definition) is 1. The van der Waals surface area contributed by atoms with Crippen LogP contribution in [0, 0.1) is 13.8 Å². The summed E-state index contributed by atoms with van der Waals surface area (Å²) in [5.74, 6) is 0. The molecule has 0 N–H and O–H groups in total. The third-order valence-corrected chi connectivity index (χ3v) is 2.80. The lowest BCUT2D eigenvalue weighted by atomic mass is 10.1. The Kier molecular flexibility index (Phi) is 3.38. The molecule has 2 aromatic rings. The lowest BCUT2D eigenvalue weighted by molar-refractivity contribution is 1.41. The molecule has 1 heteroatoms. The van der Waals surface area contributed by atoms with Crippen LogP contribution in [0.3, 0.4) is 0 Å². The summed E-state index contributed by atoms with van der Waals surface area (Å²) < 4.78 is 0. The molecule has 0 aliphatic rings. The van der Waals surface area contributed by atoms with Crippen molar-refractivity contribution in [1.82, 2.24) is 0 Å². The lowest BCUT2D eigenvalue weighted by Crippen LogP contribution is -1.93. The maximum absolute atomic E-state index is 4.62. The van der Waals surface area contributed by atoms with Gasteiger partial charge in [-0.1, -0.05) is 47.5 Å². The molecule has 0 aromatic heterocycles. The van der Waals surface area contributed by atoms with Crippen molar-refractivity contribution < 1.29 is 0 Å². The maximum Gasteiger partial charge on any atom is 0.0633 e. The van der Waals surface area contributed by atoms with Crippen molar-refractivity contribution in [1.29, 1.82) is 0 Å². The van der Waals surface area contributed by atoms with Crippen LogP contribution >= 0.6 is 0 Å². The van der Waals surface area contributed by atoms with Crippen molar-refractivity contribution in [3.63, 3.8) is 0 Å². The molecule has 86 valence electrons. The second kappa shape index (κ2) is 4.96. The Morgan fingerprint density at radius 2 is 1.24 bits per heavy atom. The zero-order chi connectivity index (χ0) is 12.3. The van der Waals surface area contributed by atoms with E-state index in [-0.39, 0.29) is 0 Å². The van der Waals surface area contributed by atoms with Gasteiger partial charge in [0.15, 0.2) is 0 Å². The molecular weight excluding hydrogens is 206 g/mol. The Labute approximate surface area is 103 Å². The van der Waals surface area contributed by atoms with Crippen LogP contribution < -0.4 is 0 Å². The van der Waals surface area contributed by atoms with E-state index in [0.717, 1.165) is 11.4 Å². The van der Waals surface area contributed by atoms with Gasteiger partial charge in [-0.2, -0.15) is 0 Å². The minimum atomic E-state index is 1.01. The Bertz CT molecular complexity index is 518. The Hall–Kier alpha value is -1.89. The molecular formula is C16H17N. The Balaban J connectivity index is 2.27. The lowest BCUT2D eigenvalue weighted by Gasteiger charge is -2.02. The standard InChI is InChI=1S/C16H17N/c1-12-4-8-15(9-5-12)14(3)17-16-10-6-13(2)7-11-16/h4-11H,1-3H3/b17-14+. The number of rotatable bonds is 2. The first kappa shape index (κ1) is 11.6. The summed E-state index contributed by atoms with van der Waals surface area (Å²) in [5.41, 5.74) is 5.77. The van der Waals surface area contributed by atoms with Crippen LogP contribution in [0.2, 0.25) is 0 Å². The first-order chi connectivity index (χ1) is 8.15. The molecule has 0 atom stereocenters. The van der Waals surface area contributed by atoms with E-state index >= 15 is 0 Å². The zero-order valence-corrected chi connectivity index (χ0v) is 10.6. The molecule has 0 fully saturated rings. The predicted octanol–water partition coefficient (Wildman–Crippen LogP) is 4.44. The van der Waals surface area contributed by atoms with Gasteiger partial charge in [0.1, 0.15) is 0 Å². The van der Waals surface area contributed by atoms with Crippen LogP contribution in [0.1, 0.15) is 23.6 Å². The second-order valence-corrected chi connectivity index (χ2v) is 4.40. The molecule has 2 aromatic carbocycles. The van der Waals surface area contributed by atoms with Gasteiger partial charge in [0.05, 0.1) is 5.69 Å². The molecule has 0 aliphatic carbocycles. The number of nitrogens with zero attached hydrogens (tertiary/aromatic N) is 1. The van der Waals surface area contributed by atoms with Crippen molar-refractivity contribution >= 4 is 11.4 Å². The summed E-state index contributed by atoms with van der Waals surface area (Å²) in [6, 6.07) is 16.7. The maximum atomic E-state index is 4.62. The van der Waals surface area contributed by atoms with Crippen LogP contribution in [0.25, 0.3) is 0 Å². The van der Waals surface area contributed by atoms with E-state index in [2.05, 4.69) is 55.2 Å². The highest BCUT2D eigenvalue weighted by Gasteiger charge is 1.97. The molecule has 0 bridgehead atoms. The molecule has 0 spiro atoms. The summed E-state index contributed by atoms with van der Waals surface area (Å²) >= 11 is 0. The van der Waals surface area contributed by atoms with Crippen LogP contribution in [0.5, 0.6) is 0 Å². The van der Waals surface area contributed by atoms with Crippen LogP contribution in [-0.2, 0) is 0 Å². The van der Waals surface area contributed by atoms with Gasteiger partial charge in [0.25, 0.3) is 0 Å². The van der Waals surface area contributed by atoms with Crippen molar-refractivity contribution in [3.05, 3.63) is 65.2 Å². The summed E-state index contributed by atoms with van der Waals surface area (Å²) in [6.07, 6.45) is 0. The van der Waals surface area contributed by atoms with Crippen molar-refractivity contribution in [2.45, 2.75) is 20.8 Å².